The zero-order valence-corrected chi connectivity index (χ0v) is 12.3. The van der Waals surface area contributed by atoms with Crippen LogP contribution in [0.4, 0.5) is 0 Å². The Morgan fingerprint density at radius 1 is 1.28 bits per heavy atom. The molecule has 0 spiro atoms. The Labute approximate surface area is 112 Å². The minimum atomic E-state index is -3.57. The Morgan fingerprint density at radius 3 is 2.22 bits per heavy atom. The SMILES string of the molecule is CC(C)(C)c1ccc(C(=O)NS(C)(=O)=O)cc1Cl. The van der Waals surface area contributed by atoms with Crippen LogP contribution in [0.5, 0.6) is 0 Å². The fraction of sp³-hybridized carbons (Fsp3) is 0.417. The molecule has 1 rings (SSSR count). The van der Waals surface area contributed by atoms with Gasteiger partial charge in [-0.15, -0.1) is 0 Å². The van der Waals surface area contributed by atoms with Gasteiger partial charge in [0.25, 0.3) is 5.91 Å². The first kappa shape index (κ1) is 15.0. The molecule has 0 aliphatic heterocycles. The van der Waals surface area contributed by atoms with Crippen molar-refractivity contribution in [3.63, 3.8) is 0 Å². The summed E-state index contributed by atoms with van der Waals surface area (Å²) >= 11 is 6.10. The van der Waals surface area contributed by atoms with Gasteiger partial charge in [-0.3, -0.25) is 4.79 Å². The van der Waals surface area contributed by atoms with Crippen molar-refractivity contribution in [3.05, 3.63) is 34.3 Å². The molecule has 1 aromatic carbocycles. The van der Waals surface area contributed by atoms with E-state index in [0.717, 1.165) is 11.8 Å². The number of rotatable bonds is 2. The largest absolute Gasteiger partial charge is 0.268 e. The molecule has 0 aliphatic carbocycles. The average Bonchev–Trinajstić information content (AvgIpc) is 2.12. The van der Waals surface area contributed by atoms with E-state index >= 15 is 0 Å². The Hall–Kier alpha value is -1.07. The third kappa shape index (κ3) is 3.99. The smallest absolute Gasteiger partial charge is 0.264 e. The predicted molar refractivity (Wildman–Crippen MR) is 72.5 cm³/mol. The van der Waals surface area contributed by atoms with E-state index < -0.39 is 15.9 Å². The third-order valence-electron chi connectivity index (χ3n) is 2.32. The quantitative estimate of drug-likeness (QED) is 0.909. The van der Waals surface area contributed by atoms with Crippen LogP contribution in [0.25, 0.3) is 0 Å². The summed E-state index contributed by atoms with van der Waals surface area (Å²) in [5.41, 5.74) is 0.988. The maximum absolute atomic E-state index is 11.6. The fourth-order valence-electron chi connectivity index (χ4n) is 1.49. The zero-order valence-electron chi connectivity index (χ0n) is 10.7. The molecule has 0 bridgehead atoms. The van der Waals surface area contributed by atoms with Crippen LogP contribution in [0.3, 0.4) is 0 Å². The molecule has 100 valence electrons. The van der Waals surface area contributed by atoms with Crippen molar-refractivity contribution in [1.29, 1.82) is 0 Å². The molecule has 4 nitrogen and oxygen atoms in total. The van der Waals surface area contributed by atoms with E-state index in [-0.39, 0.29) is 11.0 Å². The average molecular weight is 290 g/mol. The normalized spacial score (nSPS) is 12.3. The van der Waals surface area contributed by atoms with Gasteiger partial charge in [-0.1, -0.05) is 38.4 Å². The number of halogens is 1. The van der Waals surface area contributed by atoms with Crippen LogP contribution in [0.2, 0.25) is 5.02 Å². The molecule has 0 heterocycles. The van der Waals surface area contributed by atoms with Gasteiger partial charge in [0.1, 0.15) is 0 Å². The Morgan fingerprint density at radius 2 is 1.83 bits per heavy atom. The summed E-state index contributed by atoms with van der Waals surface area (Å²) in [5.74, 6) is -0.681. The van der Waals surface area contributed by atoms with Crippen molar-refractivity contribution in [1.82, 2.24) is 4.72 Å². The fourth-order valence-corrected chi connectivity index (χ4v) is 2.41. The first-order chi connectivity index (χ1) is 8.00. The zero-order chi connectivity index (χ0) is 14.1. The number of hydrogen-bond acceptors (Lipinski definition) is 3. The Bertz CT molecular complexity index is 573. The second-order valence-electron chi connectivity index (χ2n) is 5.15. The number of benzene rings is 1. The van der Waals surface area contributed by atoms with Crippen LogP contribution < -0.4 is 4.72 Å². The Balaban J connectivity index is 3.09. The standard InChI is InChI=1S/C12H16ClNO3S/c1-12(2,3)9-6-5-8(7-10(9)13)11(15)14-18(4,16)17/h5-7H,1-4H3,(H,14,15). The lowest BCUT2D eigenvalue weighted by Gasteiger charge is -2.20. The molecule has 18 heavy (non-hydrogen) atoms. The highest BCUT2D eigenvalue weighted by Crippen LogP contribution is 2.29. The van der Waals surface area contributed by atoms with Gasteiger partial charge in [-0.05, 0) is 23.1 Å². The van der Waals surface area contributed by atoms with Crippen molar-refractivity contribution in [3.8, 4) is 0 Å². The van der Waals surface area contributed by atoms with Crippen LogP contribution in [0, 0.1) is 0 Å². The molecule has 0 saturated heterocycles. The lowest BCUT2D eigenvalue weighted by atomic mass is 9.86. The molecule has 0 saturated carbocycles. The van der Waals surface area contributed by atoms with E-state index in [0.29, 0.717) is 5.02 Å². The maximum atomic E-state index is 11.6. The monoisotopic (exact) mass is 289 g/mol. The minimum Gasteiger partial charge on any atom is -0.268 e. The highest BCUT2D eigenvalue weighted by atomic mass is 35.5. The number of hydrogen-bond donors (Lipinski definition) is 1. The molecule has 0 aromatic heterocycles. The predicted octanol–water partition coefficient (Wildman–Crippen LogP) is 2.33. The van der Waals surface area contributed by atoms with Crippen molar-refractivity contribution < 1.29 is 13.2 Å². The third-order valence-corrected chi connectivity index (χ3v) is 3.19. The van der Waals surface area contributed by atoms with Gasteiger partial charge in [0, 0.05) is 10.6 Å². The topological polar surface area (TPSA) is 63.2 Å². The van der Waals surface area contributed by atoms with Gasteiger partial charge in [0.15, 0.2) is 0 Å². The van der Waals surface area contributed by atoms with Crippen LogP contribution in [-0.4, -0.2) is 20.6 Å². The van der Waals surface area contributed by atoms with Gasteiger partial charge in [-0.25, -0.2) is 13.1 Å². The summed E-state index contributed by atoms with van der Waals surface area (Å²) in [6.45, 7) is 6.01. The molecular formula is C12H16ClNO3S. The van der Waals surface area contributed by atoms with Crippen molar-refractivity contribution in [2.45, 2.75) is 26.2 Å². The highest BCUT2D eigenvalue weighted by molar-refractivity contribution is 7.89. The van der Waals surface area contributed by atoms with Gasteiger partial charge in [-0.2, -0.15) is 0 Å². The number of nitrogens with one attached hydrogen (secondary N) is 1. The second kappa shape index (κ2) is 4.90. The molecule has 0 fully saturated rings. The van der Waals surface area contributed by atoms with E-state index in [9.17, 15) is 13.2 Å². The summed E-state index contributed by atoms with van der Waals surface area (Å²) in [7, 11) is -3.57. The molecule has 1 N–H and O–H groups in total. The summed E-state index contributed by atoms with van der Waals surface area (Å²) in [4.78, 5) is 11.6. The molecule has 1 aromatic rings. The van der Waals surface area contributed by atoms with E-state index in [1.165, 1.54) is 6.07 Å². The van der Waals surface area contributed by atoms with E-state index in [4.69, 9.17) is 11.6 Å². The van der Waals surface area contributed by atoms with Crippen molar-refractivity contribution >= 4 is 27.5 Å². The lowest BCUT2D eigenvalue weighted by molar-refractivity contribution is 0.0981. The van der Waals surface area contributed by atoms with E-state index in [1.54, 1.807) is 12.1 Å². The number of carbonyl (C=O) groups excluding carboxylic acids is 1. The van der Waals surface area contributed by atoms with Crippen LogP contribution in [0.15, 0.2) is 18.2 Å². The first-order valence-corrected chi connectivity index (χ1v) is 7.60. The van der Waals surface area contributed by atoms with Gasteiger partial charge in [0.05, 0.1) is 6.26 Å². The molecule has 1 amide bonds. The minimum absolute atomic E-state index is 0.136. The molecule has 0 radical (unpaired) electrons. The van der Waals surface area contributed by atoms with Crippen molar-refractivity contribution in [2.75, 3.05) is 6.26 Å². The summed E-state index contributed by atoms with van der Waals surface area (Å²) in [6, 6.07) is 4.77. The van der Waals surface area contributed by atoms with Gasteiger partial charge in [0.2, 0.25) is 10.0 Å². The van der Waals surface area contributed by atoms with Gasteiger partial charge >= 0.3 is 0 Å². The number of amides is 1. The number of sulfonamides is 1. The first-order valence-electron chi connectivity index (χ1n) is 5.33. The number of carbonyl (C=O) groups is 1. The van der Waals surface area contributed by atoms with Crippen LogP contribution >= 0.6 is 11.6 Å². The molecule has 0 atom stereocenters. The van der Waals surface area contributed by atoms with Crippen molar-refractivity contribution in [2.24, 2.45) is 0 Å². The summed E-state index contributed by atoms with van der Waals surface area (Å²) < 4.78 is 23.8. The Kier molecular flexibility index (Phi) is 4.08. The second-order valence-corrected chi connectivity index (χ2v) is 7.30. The highest BCUT2D eigenvalue weighted by Gasteiger charge is 2.19. The summed E-state index contributed by atoms with van der Waals surface area (Å²) in [6.07, 6.45) is 0.927. The van der Waals surface area contributed by atoms with Crippen LogP contribution in [0.1, 0.15) is 36.7 Å². The maximum Gasteiger partial charge on any atom is 0.264 e. The molecule has 0 aliphatic rings. The van der Waals surface area contributed by atoms with E-state index in [2.05, 4.69) is 0 Å². The van der Waals surface area contributed by atoms with Crippen LogP contribution in [-0.2, 0) is 15.4 Å². The lowest BCUT2D eigenvalue weighted by Crippen LogP contribution is -2.29. The summed E-state index contributed by atoms with van der Waals surface area (Å²) in [5, 5.41) is 0.448. The van der Waals surface area contributed by atoms with E-state index in [1.807, 2.05) is 25.5 Å². The molecular weight excluding hydrogens is 274 g/mol. The molecule has 6 heteroatoms. The molecule has 0 unspecified atom stereocenters. The van der Waals surface area contributed by atoms with Gasteiger partial charge < -0.3 is 0 Å².